The lowest BCUT2D eigenvalue weighted by molar-refractivity contribution is -0.119. The van der Waals surface area contributed by atoms with Crippen molar-refractivity contribution in [2.75, 3.05) is 12.9 Å². The Hall–Kier alpha value is -0.770. The van der Waals surface area contributed by atoms with Gasteiger partial charge >= 0.3 is 6.03 Å². The van der Waals surface area contributed by atoms with E-state index >= 15 is 0 Å². The van der Waals surface area contributed by atoms with Crippen molar-refractivity contribution in [3.63, 3.8) is 0 Å². The van der Waals surface area contributed by atoms with Crippen LogP contribution in [0.3, 0.4) is 0 Å². The van der Waals surface area contributed by atoms with Crippen LogP contribution in [0.4, 0.5) is 4.79 Å². The van der Waals surface area contributed by atoms with Gasteiger partial charge in [0.05, 0.1) is 0 Å². The zero-order valence-electron chi connectivity index (χ0n) is 8.84. The number of rotatable bonds is 4. The first kappa shape index (κ1) is 13.2. The molecule has 1 N–H and O–H groups in total. The summed E-state index contributed by atoms with van der Waals surface area (Å²) in [5.41, 5.74) is 0. The number of urea groups is 1. The predicted octanol–water partition coefficient (Wildman–Crippen LogP) is 1.58. The highest BCUT2D eigenvalue weighted by Crippen LogP contribution is 2.00. The number of hydrogen-bond donors (Lipinski definition) is 1. The fraction of sp³-hybridized carbons (Fsp3) is 0.778. The molecule has 14 heavy (non-hydrogen) atoms. The molecule has 0 spiro atoms. The highest BCUT2D eigenvalue weighted by atomic mass is 35.5. The molecule has 0 aromatic carbocycles. The van der Waals surface area contributed by atoms with Gasteiger partial charge < -0.3 is 4.90 Å². The molecular weight excluding hydrogens is 204 g/mol. The van der Waals surface area contributed by atoms with Crippen molar-refractivity contribution in [1.82, 2.24) is 10.2 Å². The summed E-state index contributed by atoms with van der Waals surface area (Å²) in [6.45, 7) is 3.90. The van der Waals surface area contributed by atoms with Crippen molar-refractivity contribution < 1.29 is 9.59 Å². The Balaban J connectivity index is 4.01. The maximum absolute atomic E-state index is 11.4. The van der Waals surface area contributed by atoms with Crippen molar-refractivity contribution in [3.05, 3.63) is 0 Å². The Kier molecular flexibility index (Phi) is 6.28. The molecule has 0 saturated heterocycles. The van der Waals surface area contributed by atoms with Crippen molar-refractivity contribution >= 4 is 23.5 Å². The van der Waals surface area contributed by atoms with Crippen LogP contribution in [0.2, 0.25) is 0 Å². The lowest BCUT2D eigenvalue weighted by Crippen LogP contribution is -2.44. The summed E-state index contributed by atoms with van der Waals surface area (Å²) in [6, 6.07) is -0.242. The minimum absolute atomic E-state index is 0.124. The minimum atomic E-state index is -0.366. The maximum Gasteiger partial charge on any atom is 0.324 e. The van der Waals surface area contributed by atoms with E-state index in [9.17, 15) is 9.59 Å². The molecule has 4 nitrogen and oxygen atoms in total. The largest absolute Gasteiger partial charge is 0.325 e. The van der Waals surface area contributed by atoms with Gasteiger partial charge in [0.15, 0.2) is 0 Å². The average molecular weight is 221 g/mol. The van der Waals surface area contributed by atoms with Crippen LogP contribution in [-0.4, -0.2) is 35.8 Å². The third-order valence-corrected chi connectivity index (χ3v) is 2.33. The summed E-state index contributed by atoms with van der Waals surface area (Å²) in [5, 5.41) is 2.26. The van der Waals surface area contributed by atoms with E-state index < -0.39 is 0 Å². The Morgan fingerprint density at radius 1 is 1.50 bits per heavy atom. The molecule has 1 unspecified atom stereocenters. The van der Waals surface area contributed by atoms with Gasteiger partial charge in [0.1, 0.15) is 0 Å². The second-order valence-corrected chi connectivity index (χ2v) is 3.54. The van der Waals surface area contributed by atoms with Gasteiger partial charge in [-0.25, -0.2) is 4.79 Å². The standard InChI is InChI=1S/C9H17ClN2O2/c1-4-7(2)12(3)9(14)11-8(13)5-6-10/h7H,4-6H2,1-3H3,(H,11,13,14). The lowest BCUT2D eigenvalue weighted by atomic mass is 10.2. The van der Waals surface area contributed by atoms with Crippen LogP contribution in [0.25, 0.3) is 0 Å². The van der Waals surface area contributed by atoms with E-state index in [0.29, 0.717) is 0 Å². The molecule has 0 aliphatic carbocycles. The summed E-state index contributed by atoms with van der Waals surface area (Å²) in [6.07, 6.45) is 1.02. The van der Waals surface area contributed by atoms with Crippen LogP contribution in [0.15, 0.2) is 0 Å². The molecule has 3 amide bonds. The second kappa shape index (κ2) is 6.65. The summed E-state index contributed by atoms with van der Waals surface area (Å²) in [5.74, 6) is -0.105. The first-order chi connectivity index (χ1) is 6.52. The SMILES string of the molecule is CCC(C)N(C)C(=O)NC(=O)CCCl. The molecule has 0 bridgehead atoms. The molecule has 0 saturated carbocycles. The number of alkyl halides is 1. The molecular formula is C9H17ClN2O2. The molecule has 0 radical (unpaired) electrons. The topological polar surface area (TPSA) is 49.4 Å². The number of carbonyl (C=O) groups is 2. The Labute approximate surface area is 89.6 Å². The smallest absolute Gasteiger partial charge is 0.324 e. The average Bonchev–Trinajstić information content (AvgIpc) is 2.15. The highest BCUT2D eigenvalue weighted by molar-refractivity contribution is 6.19. The van der Waals surface area contributed by atoms with Gasteiger partial charge in [-0.3, -0.25) is 10.1 Å². The molecule has 0 rings (SSSR count). The van der Waals surface area contributed by atoms with Crippen molar-refractivity contribution in [2.45, 2.75) is 32.7 Å². The van der Waals surface area contributed by atoms with Gasteiger partial charge in [-0.05, 0) is 13.3 Å². The van der Waals surface area contributed by atoms with Crippen molar-refractivity contribution in [3.8, 4) is 0 Å². The van der Waals surface area contributed by atoms with Crippen LogP contribution in [0, 0.1) is 0 Å². The summed E-state index contributed by atoms with van der Waals surface area (Å²) >= 11 is 5.36. The van der Waals surface area contributed by atoms with Crippen LogP contribution in [0.1, 0.15) is 26.7 Å². The highest BCUT2D eigenvalue weighted by Gasteiger charge is 2.15. The molecule has 0 aromatic heterocycles. The van der Waals surface area contributed by atoms with E-state index in [-0.39, 0.29) is 30.3 Å². The fourth-order valence-corrected chi connectivity index (χ4v) is 1.00. The van der Waals surface area contributed by atoms with Gasteiger partial charge in [-0.2, -0.15) is 0 Å². The molecule has 82 valence electrons. The molecule has 1 atom stereocenters. The fourth-order valence-electron chi connectivity index (χ4n) is 0.830. The Morgan fingerprint density at radius 3 is 2.50 bits per heavy atom. The molecule has 5 heteroatoms. The number of hydrogen-bond acceptors (Lipinski definition) is 2. The quantitative estimate of drug-likeness (QED) is 0.732. The summed E-state index contributed by atoms with van der Waals surface area (Å²) in [4.78, 5) is 23.9. The first-order valence-corrected chi connectivity index (χ1v) is 5.19. The molecule has 0 aromatic rings. The minimum Gasteiger partial charge on any atom is -0.325 e. The van der Waals surface area contributed by atoms with Crippen LogP contribution >= 0.6 is 11.6 Å². The van der Waals surface area contributed by atoms with E-state index in [0.717, 1.165) is 6.42 Å². The van der Waals surface area contributed by atoms with Gasteiger partial charge in [-0.1, -0.05) is 6.92 Å². The third-order valence-electron chi connectivity index (χ3n) is 2.14. The lowest BCUT2D eigenvalue weighted by Gasteiger charge is -2.23. The molecule has 0 fully saturated rings. The van der Waals surface area contributed by atoms with Crippen molar-refractivity contribution in [1.29, 1.82) is 0 Å². The van der Waals surface area contributed by atoms with E-state index in [1.165, 1.54) is 4.90 Å². The zero-order chi connectivity index (χ0) is 11.1. The molecule has 0 aliphatic rings. The maximum atomic E-state index is 11.4. The van der Waals surface area contributed by atoms with Gasteiger partial charge in [-0.15, -0.1) is 11.6 Å². The van der Waals surface area contributed by atoms with E-state index in [2.05, 4.69) is 5.32 Å². The van der Waals surface area contributed by atoms with Crippen LogP contribution < -0.4 is 5.32 Å². The molecule has 0 heterocycles. The normalized spacial score (nSPS) is 12.0. The van der Waals surface area contributed by atoms with E-state index in [4.69, 9.17) is 11.6 Å². The number of nitrogens with one attached hydrogen (secondary N) is 1. The molecule has 0 aliphatic heterocycles. The Morgan fingerprint density at radius 2 is 2.07 bits per heavy atom. The van der Waals surface area contributed by atoms with Crippen LogP contribution in [0.5, 0.6) is 0 Å². The first-order valence-electron chi connectivity index (χ1n) is 4.65. The predicted molar refractivity (Wildman–Crippen MR) is 56.4 cm³/mol. The zero-order valence-corrected chi connectivity index (χ0v) is 9.60. The summed E-state index contributed by atoms with van der Waals surface area (Å²) in [7, 11) is 1.66. The number of amides is 3. The van der Waals surface area contributed by atoms with Gasteiger partial charge in [0, 0.05) is 25.4 Å². The number of imide groups is 1. The monoisotopic (exact) mass is 220 g/mol. The van der Waals surface area contributed by atoms with Crippen LogP contribution in [-0.2, 0) is 4.79 Å². The second-order valence-electron chi connectivity index (χ2n) is 3.16. The number of carbonyl (C=O) groups excluding carboxylic acids is 2. The van der Waals surface area contributed by atoms with Crippen molar-refractivity contribution in [2.24, 2.45) is 0 Å². The van der Waals surface area contributed by atoms with E-state index in [1.54, 1.807) is 7.05 Å². The number of halogens is 1. The summed E-state index contributed by atoms with van der Waals surface area (Å²) < 4.78 is 0. The van der Waals surface area contributed by atoms with Gasteiger partial charge in [0.2, 0.25) is 5.91 Å². The number of nitrogens with zero attached hydrogens (tertiary/aromatic N) is 1. The third kappa shape index (κ3) is 4.46. The Bertz CT molecular complexity index is 209. The van der Waals surface area contributed by atoms with Gasteiger partial charge in [0.25, 0.3) is 0 Å². The van der Waals surface area contributed by atoms with E-state index in [1.807, 2.05) is 13.8 Å².